The molecule has 1 aromatic rings. The van der Waals surface area contributed by atoms with Crippen molar-refractivity contribution in [3.63, 3.8) is 0 Å². The molecule has 152 valence electrons. The summed E-state index contributed by atoms with van der Waals surface area (Å²) in [5.74, 6) is 1.35. The smallest absolute Gasteiger partial charge is 0.243 e. The van der Waals surface area contributed by atoms with Crippen molar-refractivity contribution in [1.82, 2.24) is 15.1 Å². The van der Waals surface area contributed by atoms with Crippen molar-refractivity contribution in [1.29, 1.82) is 0 Å². The summed E-state index contributed by atoms with van der Waals surface area (Å²) in [7, 11) is 3.51. The number of likely N-dealkylation sites (N-methyl/N-ethyl adjacent to an activating group) is 1. The van der Waals surface area contributed by atoms with Crippen molar-refractivity contribution in [2.45, 2.75) is 26.4 Å². The van der Waals surface area contributed by atoms with Crippen LogP contribution in [0.4, 0.5) is 0 Å². The Bertz CT molecular complexity index is 581. The van der Waals surface area contributed by atoms with E-state index in [2.05, 4.69) is 34.3 Å². The Labute approximate surface area is 180 Å². The summed E-state index contributed by atoms with van der Waals surface area (Å²) >= 11 is 0. The van der Waals surface area contributed by atoms with Crippen LogP contribution in [0.15, 0.2) is 35.3 Å². The Morgan fingerprint density at radius 3 is 2.74 bits per heavy atom. The quantitative estimate of drug-likeness (QED) is 0.347. The van der Waals surface area contributed by atoms with Gasteiger partial charge in [0, 0.05) is 39.6 Å². The molecule has 1 aromatic carbocycles. The van der Waals surface area contributed by atoms with Crippen LogP contribution < -0.4 is 5.32 Å². The molecule has 1 N–H and O–H groups in total. The minimum absolute atomic E-state index is 0. The highest BCUT2D eigenvalue weighted by Gasteiger charge is 2.25. The summed E-state index contributed by atoms with van der Waals surface area (Å²) in [4.78, 5) is 20.2. The molecule has 0 bridgehead atoms. The minimum Gasteiger partial charge on any atom is -0.376 e. The van der Waals surface area contributed by atoms with Crippen molar-refractivity contribution in [3.8, 4) is 0 Å². The first-order chi connectivity index (χ1) is 12.6. The van der Waals surface area contributed by atoms with E-state index >= 15 is 0 Å². The number of carbonyl (C=O) groups is 1. The Morgan fingerprint density at radius 1 is 1.33 bits per heavy atom. The molecule has 2 rings (SSSR count). The van der Waals surface area contributed by atoms with Gasteiger partial charge in [-0.2, -0.15) is 0 Å². The summed E-state index contributed by atoms with van der Waals surface area (Å²) in [6.07, 6.45) is 2.11. The molecule has 1 amide bonds. The number of hydrogen-bond donors (Lipinski definition) is 1. The van der Waals surface area contributed by atoms with Crippen LogP contribution in [0.2, 0.25) is 0 Å². The van der Waals surface area contributed by atoms with E-state index in [0.29, 0.717) is 12.5 Å². The molecular weight excluding hydrogens is 455 g/mol. The van der Waals surface area contributed by atoms with E-state index in [-0.39, 0.29) is 36.4 Å². The van der Waals surface area contributed by atoms with Crippen LogP contribution in [0.3, 0.4) is 0 Å². The van der Waals surface area contributed by atoms with Gasteiger partial charge in [0.05, 0.1) is 13.2 Å². The van der Waals surface area contributed by atoms with Crippen LogP contribution in [-0.2, 0) is 16.1 Å². The number of halogens is 1. The minimum atomic E-state index is 0. The Hall–Kier alpha value is -1.35. The Balaban J connectivity index is 0.00000364. The van der Waals surface area contributed by atoms with Gasteiger partial charge in [-0.05, 0) is 18.4 Å². The number of likely N-dealkylation sites (tertiary alicyclic amines) is 1. The summed E-state index contributed by atoms with van der Waals surface area (Å²) < 4.78 is 5.89. The fourth-order valence-corrected chi connectivity index (χ4v) is 2.87. The molecule has 0 saturated carbocycles. The lowest BCUT2D eigenvalue weighted by Gasteiger charge is -2.22. The third-order valence-electron chi connectivity index (χ3n) is 4.45. The molecule has 1 fully saturated rings. The first-order valence-corrected chi connectivity index (χ1v) is 9.45. The average molecular weight is 488 g/mol. The van der Waals surface area contributed by atoms with E-state index in [1.807, 2.05) is 18.2 Å². The van der Waals surface area contributed by atoms with Crippen molar-refractivity contribution in [3.05, 3.63) is 35.9 Å². The van der Waals surface area contributed by atoms with E-state index in [0.717, 1.165) is 45.0 Å². The van der Waals surface area contributed by atoms with E-state index < -0.39 is 0 Å². The third-order valence-corrected chi connectivity index (χ3v) is 4.45. The Kier molecular flexibility index (Phi) is 11.3. The molecule has 27 heavy (non-hydrogen) atoms. The van der Waals surface area contributed by atoms with E-state index in [4.69, 9.17) is 4.74 Å². The lowest BCUT2D eigenvalue weighted by atomic mass is 10.1. The number of rotatable bonds is 8. The van der Waals surface area contributed by atoms with Gasteiger partial charge < -0.3 is 19.9 Å². The summed E-state index contributed by atoms with van der Waals surface area (Å²) in [5.41, 5.74) is 1.21. The number of benzene rings is 1. The van der Waals surface area contributed by atoms with Crippen molar-refractivity contribution < 1.29 is 9.53 Å². The summed E-state index contributed by atoms with van der Waals surface area (Å²) in [6.45, 7) is 6.45. The number of ether oxygens (including phenoxy) is 1. The largest absolute Gasteiger partial charge is 0.376 e. The van der Waals surface area contributed by atoms with Crippen molar-refractivity contribution in [2.75, 3.05) is 46.9 Å². The lowest BCUT2D eigenvalue weighted by molar-refractivity contribution is -0.127. The first kappa shape index (κ1) is 23.7. The third kappa shape index (κ3) is 8.47. The normalized spacial score (nSPS) is 16.8. The number of carbonyl (C=O) groups excluding carboxylic acids is 1. The predicted octanol–water partition coefficient (Wildman–Crippen LogP) is 2.59. The molecule has 1 heterocycles. The first-order valence-electron chi connectivity index (χ1n) is 9.45. The van der Waals surface area contributed by atoms with Crippen LogP contribution >= 0.6 is 24.0 Å². The number of nitrogens with one attached hydrogen (secondary N) is 1. The van der Waals surface area contributed by atoms with Crippen LogP contribution in [0.5, 0.6) is 0 Å². The van der Waals surface area contributed by atoms with Gasteiger partial charge in [0.15, 0.2) is 5.96 Å². The van der Waals surface area contributed by atoms with Gasteiger partial charge in [-0.15, -0.1) is 24.0 Å². The summed E-state index contributed by atoms with van der Waals surface area (Å²) in [6, 6.07) is 10.3. The molecule has 0 aromatic heterocycles. The highest BCUT2D eigenvalue weighted by atomic mass is 127. The van der Waals surface area contributed by atoms with Gasteiger partial charge in [0.25, 0.3) is 0 Å². The van der Waals surface area contributed by atoms with Gasteiger partial charge in [0.1, 0.15) is 6.54 Å². The molecular formula is C20H33IN4O2. The average Bonchev–Trinajstić information content (AvgIpc) is 3.11. The SMILES string of the molecule is CCCNC(=NCC(=O)N(C)C)N1CCC(COCc2ccccc2)C1.I. The fraction of sp³-hybridized carbons (Fsp3) is 0.600. The molecule has 7 heteroatoms. The number of guanidine groups is 1. The van der Waals surface area contributed by atoms with E-state index in [9.17, 15) is 4.79 Å². The molecule has 1 atom stereocenters. The zero-order valence-corrected chi connectivity index (χ0v) is 19.0. The maximum Gasteiger partial charge on any atom is 0.243 e. The second-order valence-electron chi connectivity index (χ2n) is 6.96. The molecule has 0 spiro atoms. The van der Waals surface area contributed by atoms with Gasteiger partial charge in [-0.25, -0.2) is 4.99 Å². The monoisotopic (exact) mass is 488 g/mol. The van der Waals surface area contributed by atoms with Crippen molar-refractivity contribution in [2.24, 2.45) is 10.9 Å². The highest BCUT2D eigenvalue weighted by molar-refractivity contribution is 14.0. The number of aliphatic imine (C=N–C) groups is 1. The fourth-order valence-electron chi connectivity index (χ4n) is 2.87. The van der Waals surface area contributed by atoms with Crippen LogP contribution in [0, 0.1) is 5.92 Å². The highest BCUT2D eigenvalue weighted by Crippen LogP contribution is 2.17. The number of hydrogen-bond acceptors (Lipinski definition) is 3. The maximum atomic E-state index is 11.8. The van der Waals surface area contributed by atoms with Gasteiger partial charge in [0.2, 0.25) is 5.91 Å². The number of amides is 1. The number of nitrogens with zero attached hydrogens (tertiary/aromatic N) is 3. The molecule has 1 aliphatic rings. The molecule has 0 aliphatic carbocycles. The van der Waals surface area contributed by atoms with E-state index in [1.54, 1.807) is 19.0 Å². The zero-order valence-electron chi connectivity index (χ0n) is 16.7. The predicted molar refractivity (Wildman–Crippen MR) is 120 cm³/mol. The van der Waals surface area contributed by atoms with Crippen LogP contribution in [-0.4, -0.2) is 68.5 Å². The maximum absolute atomic E-state index is 11.8. The van der Waals surface area contributed by atoms with Crippen LogP contribution in [0.1, 0.15) is 25.3 Å². The topological polar surface area (TPSA) is 57.2 Å². The zero-order chi connectivity index (χ0) is 18.8. The van der Waals surface area contributed by atoms with E-state index in [1.165, 1.54) is 5.56 Å². The molecule has 1 aliphatic heterocycles. The second-order valence-corrected chi connectivity index (χ2v) is 6.96. The van der Waals surface area contributed by atoms with Crippen LogP contribution in [0.25, 0.3) is 0 Å². The molecule has 6 nitrogen and oxygen atoms in total. The Morgan fingerprint density at radius 2 is 2.07 bits per heavy atom. The van der Waals surface area contributed by atoms with Crippen molar-refractivity contribution >= 4 is 35.8 Å². The standard InChI is InChI=1S/C20H32N4O2.HI/c1-4-11-21-20(22-13-19(25)23(2)3)24-12-10-18(14-24)16-26-15-17-8-6-5-7-9-17;/h5-9,18H,4,10-16H2,1-3H3,(H,21,22);1H. The van der Waals surface area contributed by atoms with Gasteiger partial charge in [-0.3, -0.25) is 4.79 Å². The second kappa shape index (κ2) is 12.9. The molecule has 1 unspecified atom stereocenters. The lowest BCUT2D eigenvalue weighted by Crippen LogP contribution is -2.41. The van der Waals surface area contributed by atoms with Gasteiger partial charge in [-0.1, -0.05) is 37.3 Å². The molecule has 1 saturated heterocycles. The molecule has 0 radical (unpaired) electrons. The van der Waals surface area contributed by atoms with Gasteiger partial charge >= 0.3 is 0 Å². The summed E-state index contributed by atoms with van der Waals surface area (Å²) in [5, 5.41) is 3.37.